The average molecular weight is 546 g/mol. The van der Waals surface area contributed by atoms with Crippen molar-refractivity contribution in [3.8, 4) is 22.7 Å². The van der Waals surface area contributed by atoms with Gasteiger partial charge in [0.1, 0.15) is 0 Å². The van der Waals surface area contributed by atoms with Crippen molar-refractivity contribution in [2.75, 3.05) is 0 Å². The fourth-order valence-electron chi connectivity index (χ4n) is 4.16. The van der Waals surface area contributed by atoms with Crippen LogP contribution in [0.3, 0.4) is 0 Å². The van der Waals surface area contributed by atoms with Crippen molar-refractivity contribution in [3.05, 3.63) is 103 Å². The van der Waals surface area contributed by atoms with Gasteiger partial charge in [0.25, 0.3) is 0 Å². The van der Waals surface area contributed by atoms with Crippen molar-refractivity contribution in [2.45, 2.75) is 25.7 Å². The molecule has 0 aliphatic carbocycles. The molecule has 1 N–H and O–H groups in total. The fraction of sp³-hybridized carbons (Fsp3) is 0.160. The number of nitrogens with zero attached hydrogens (tertiary/aromatic N) is 2. The lowest BCUT2D eigenvalue weighted by molar-refractivity contribution is 0.0409. The molecule has 1 atom stereocenters. The van der Waals surface area contributed by atoms with E-state index in [1.54, 1.807) is 22.8 Å². The maximum Gasteiger partial charge on any atom is 0.336 e. The number of hydrogen-bond donors (Lipinski definition) is 1. The van der Waals surface area contributed by atoms with Gasteiger partial charge in [0.2, 0.25) is 5.88 Å². The van der Waals surface area contributed by atoms with Crippen LogP contribution in [0.2, 0.25) is 10.0 Å². The lowest BCUT2D eigenvalue weighted by Crippen LogP contribution is -2.26. The van der Waals surface area contributed by atoms with Crippen LogP contribution in [0, 0.1) is 0 Å². The predicted molar refractivity (Wildman–Crippen MR) is 134 cm³/mol. The molecule has 168 valence electrons. The van der Waals surface area contributed by atoms with Crippen molar-refractivity contribution in [3.63, 3.8) is 0 Å². The van der Waals surface area contributed by atoms with E-state index in [0.29, 0.717) is 41.0 Å². The van der Waals surface area contributed by atoms with Crippen molar-refractivity contribution < 1.29 is 9.84 Å². The third-order valence-electron chi connectivity index (χ3n) is 5.72. The van der Waals surface area contributed by atoms with Crippen LogP contribution < -0.4 is 5.69 Å². The number of benzene rings is 3. The SMILES string of the molecule is O=c1n2c(c(O)n1-c1cc(Cl)cc(Cl)c1)C[C@@H](OCc1cccc(-c3ccc(Br)cc3)c1)C2. The summed E-state index contributed by atoms with van der Waals surface area (Å²) in [6.07, 6.45) is 0.238. The van der Waals surface area contributed by atoms with E-state index in [2.05, 4.69) is 40.2 Å². The normalized spacial score (nSPS) is 15.1. The predicted octanol–water partition coefficient (Wildman–Crippen LogP) is 6.22. The summed E-state index contributed by atoms with van der Waals surface area (Å²) in [6.45, 7) is 0.786. The van der Waals surface area contributed by atoms with Crippen LogP contribution in [0.25, 0.3) is 16.8 Å². The Morgan fingerprint density at radius 2 is 1.73 bits per heavy atom. The summed E-state index contributed by atoms with van der Waals surface area (Å²) in [5, 5.41) is 11.5. The molecule has 2 heterocycles. The van der Waals surface area contributed by atoms with Gasteiger partial charge in [-0.05, 0) is 53.1 Å². The third-order valence-corrected chi connectivity index (χ3v) is 6.69. The minimum Gasteiger partial charge on any atom is -0.493 e. The van der Waals surface area contributed by atoms with E-state index < -0.39 is 0 Å². The van der Waals surface area contributed by atoms with Gasteiger partial charge in [0, 0.05) is 20.9 Å². The highest BCUT2D eigenvalue weighted by Crippen LogP contribution is 2.30. The highest BCUT2D eigenvalue weighted by molar-refractivity contribution is 9.10. The number of fused-ring (bicyclic) bond motifs is 1. The lowest BCUT2D eigenvalue weighted by atomic mass is 10.0. The zero-order chi connectivity index (χ0) is 23.1. The van der Waals surface area contributed by atoms with Crippen LogP contribution >= 0.6 is 39.1 Å². The topological polar surface area (TPSA) is 56.4 Å². The van der Waals surface area contributed by atoms with E-state index in [1.807, 2.05) is 24.3 Å². The standard InChI is InChI=1S/C25H19BrCl2N2O3/c26-18-6-4-16(5-7-18)17-3-1-2-15(8-17)14-33-22-12-23-24(31)30(25(32)29(23)13-22)21-10-19(27)9-20(28)11-21/h1-11,22,31H,12-14H2/t22-/m1/s1. The van der Waals surface area contributed by atoms with Crippen molar-refractivity contribution >= 4 is 39.1 Å². The summed E-state index contributed by atoms with van der Waals surface area (Å²) in [5.41, 5.74) is 3.92. The molecule has 0 fully saturated rings. The van der Waals surface area contributed by atoms with Gasteiger partial charge in [-0.3, -0.25) is 4.57 Å². The molecule has 33 heavy (non-hydrogen) atoms. The molecular formula is C25H19BrCl2N2O3. The molecular weight excluding hydrogens is 527 g/mol. The molecule has 4 aromatic rings. The Kier molecular flexibility index (Phi) is 6.10. The first kappa shape index (κ1) is 22.3. The second-order valence-corrected chi connectivity index (χ2v) is 9.76. The first-order valence-corrected chi connectivity index (χ1v) is 11.9. The molecule has 0 saturated heterocycles. The highest BCUT2D eigenvalue weighted by atomic mass is 79.9. The van der Waals surface area contributed by atoms with Crippen LogP contribution in [0.1, 0.15) is 11.3 Å². The second kappa shape index (κ2) is 9.03. The van der Waals surface area contributed by atoms with Crippen molar-refractivity contribution in [1.29, 1.82) is 0 Å². The number of hydrogen-bond acceptors (Lipinski definition) is 3. The molecule has 5 rings (SSSR count). The van der Waals surface area contributed by atoms with E-state index in [9.17, 15) is 9.90 Å². The molecule has 3 aromatic carbocycles. The summed E-state index contributed by atoms with van der Waals surface area (Å²) in [7, 11) is 0. The van der Waals surface area contributed by atoms with E-state index in [-0.39, 0.29) is 17.7 Å². The minimum absolute atomic E-state index is 0.110. The van der Waals surface area contributed by atoms with Crippen LogP contribution in [0.15, 0.2) is 76.0 Å². The summed E-state index contributed by atoms with van der Waals surface area (Å²) >= 11 is 15.6. The van der Waals surface area contributed by atoms with Crippen molar-refractivity contribution in [2.24, 2.45) is 0 Å². The van der Waals surface area contributed by atoms with E-state index >= 15 is 0 Å². The highest BCUT2D eigenvalue weighted by Gasteiger charge is 2.31. The molecule has 0 radical (unpaired) electrons. The first-order chi connectivity index (χ1) is 15.9. The molecule has 1 aromatic heterocycles. The van der Waals surface area contributed by atoms with Crippen LogP contribution in [-0.4, -0.2) is 20.3 Å². The van der Waals surface area contributed by atoms with Gasteiger partial charge in [0.15, 0.2) is 0 Å². The van der Waals surface area contributed by atoms with Crippen LogP contribution in [-0.2, 0) is 24.3 Å². The fourth-order valence-corrected chi connectivity index (χ4v) is 4.94. The Labute approximate surface area is 208 Å². The molecule has 0 saturated carbocycles. The van der Waals surface area contributed by atoms with Gasteiger partial charge in [0.05, 0.1) is 30.6 Å². The first-order valence-electron chi connectivity index (χ1n) is 10.4. The second-order valence-electron chi connectivity index (χ2n) is 7.97. The van der Waals surface area contributed by atoms with Gasteiger partial charge < -0.3 is 9.84 Å². The minimum atomic E-state index is -0.343. The number of aromatic hydroxyl groups is 1. The number of imidazole rings is 1. The zero-order valence-electron chi connectivity index (χ0n) is 17.3. The van der Waals surface area contributed by atoms with E-state index in [4.69, 9.17) is 27.9 Å². The average Bonchev–Trinajstić information content (AvgIpc) is 3.31. The quantitative estimate of drug-likeness (QED) is 0.324. The monoisotopic (exact) mass is 544 g/mol. The smallest absolute Gasteiger partial charge is 0.336 e. The molecule has 0 amide bonds. The lowest BCUT2D eigenvalue weighted by Gasteiger charge is -2.13. The Balaban J connectivity index is 1.31. The molecule has 5 nitrogen and oxygen atoms in total. The number of halogens is 3. The van der Waals surface area contributed by atoms with Crippen LogP contribution in [0.4, 0.5) is 0 Å². The van der Waals surface area contributed by atoms with Gasteiger partial charge >= 0.3 is 5.69 Å². The Hall–Kier alpha value is -2.51. The molecule has 1 aliphatic heterocycles. The zero-order valence-corrected chi connectivity index (χ0v) is 20.4. The molecule has 8 heteroatoms. The van der Waals surface area contributed by atoms with E-state index in [1.165, 1.54) is 4.57 Å². The van der Waals surface area contributed by atoms with E-state index in [0.717, 1.165) is 21.2 Å². The molecule has 0 spiro atoms. The molecule has 1 aliphatic rings. The van der Waals surface area contributed by atoms with Crippen LogP contribution in [0.5, 0.6) is 5.88 Å². The maximum atomic E-state index is 13.0. The Bertz CT molecular complexity index is 1380. The molecule has 0 unspecified atom stereocenters. The number of rotatable bonds is 5. The van der Waals surface area contributed by atoms with Gasteiger partial charge in [-0.25, -0.2) is 9.36 Å². The largest absolute Gasteiger partial charge is 0.493 e. The third kappa shape index (κ3) is 4.49. The maximum absolute atomic E-state index is 13.0. The summed E-state index contributed by atoms with van der Waals surface area (Å²) in [6, 6.07) is 21.1. The Morgan fingerprint density at radius 3 is 2.42 bits per heavy atom. The van der Waals surface area contributed by atoms with Gasteiger partial charge in [-0.15, -0.1) is 0 Å². The Morgan fingerprint density at radius 1 is 1.00 bits per heavy atom. The molecule has 0 bridgehead atoms. The number of ether oxygens (including phenoxy) is 1. The summed E-state index contributed by atoms with van der Waals surface area (Å²) in [5.74, 6) is -0.110. The number of aromatic nitrogens is 2. The van der Waals surface area contributed by atoms with Crippen molar-refractivity contribution in [1.82, 2.24) is 9.13 Å². The van der Waals surface area contributed by atoms with Gasteiger partial charge in [-0.1, -0.05) is 69.5 Å². The summed E-state index contributed by atoms with van der Waals surface area (Å²) < 4.78 is 9.92. The van der Waals surface area contributed by atoms with Gasteiger partial charge in [-0.2, -0.15) is 0 Å². The summed E-state index contributed by atoms with van der Waals surface area (Å²) in [4.78, 5) is 13.0.